The van der Waals surface area contributed by atoms with Crippen LogP contribution in [-0.2, 0) is 25.5 Å². The van der Waals surface area contributed by atoms with Gasteiger partial charge in [0.15, 0.2) is 11.5 Å². The Labute approximate surface area is 208 Å². The monoisotopic (exact) mass is 505 g/mol. The average molecular weight is 506 g/mol. The maximum Gasteiger partial charge on any atom is 0.410 e. The van der Waals surface area contributed by atoms with E-state index in [1.807, 2.05) is 39.8 Å². The van der Waals surface area contributed by atoms with Crippen molar-refractivity contribution in [3.63, 3.8) is 0 Å². The van der Waals surface area contributed by atoms with Crippen molar-refractivity contribution in [1.82, 2.24) is 4.90 Å². The van der Waals surface area contributed by atoms with Crippen molar-refractivity contribution in [2.24, 2.45) is 0 Å². The number of nitrogens with zero attached hydrogens (tertiary/aromatic N) is 1. The molecule has 0 aromatic heterocycles. The molecule has 35 heavy (non-hydrogen) atoms. The van der Waals surface area contributed by atoms with Gasteiger partial charge in [-0.1, -0.05) is 17.7 Å². The number of methoxy groups -OCH3 is 2. The van der Waals surface area contributed by atoms with Crippen LogP contribution >= 0.6 is 0 Å². The molecule has 2 aromatic carbocycles. The molecule has 1 amide bonds. The zero-order chi connectivity index (χ0) is 25.8. The van der Waals surface area contributed by atoms with Crippen LogP contribution < -0.4 is 9.47 Å². The molecule has 0 saturated heterocycles. The molecule has 0 saturated carbocycles. The molecule has 0 N–H and O–H groups in total. The molecule has 1 atom stereocenters. The molecule has 1 aliphatic rings. The summed E-state index contributed by atoms with van der Waals surface area (Å²) < 4.78 is 47.0. The first-order valence-corrected chi connectivity index (χ1v) is 13.1. The molecule has 9 heteroatoms. The van der Waals surface area contributed by atoms with E-state index in [1.54, 1.807) is 31.3 Å². The predicted octanol–water partition coefficient (Wildman–Crippen LogP) is 5.03. The third kappa shape index (κ3) is 6.67. The van der Waals surface area contributed by atoms with Crippen LogP contribution in [0.2, 0.25) is 0 Å². The second-order valence-electron chi connectivity index (χ2n) is 9.58. The highest BCUT2D eigenvalue weighted by atomic mass is 32.2. The van der Waals surface area contributed by atoms with Gasteiger partial charge in [-0.2, -0.15) is 8.42 Å². The SMILES string of the molecule is COc1cc2c(cc1OC)[C@@H](CCCOS(=O)(=O)c1ccc(C)cc1)N(C(=O)OC(C)(C)C)CC2. The highest BCUT2D eigenvalue weighted by Crippen LogP contribution is 2.40. The molecule has 0 unspecified atom stereocenters. The van der Waals surface area contributed by atoms with Gasteiger partial charge < -0.3 is 19.1 Å². The first-order valence-electron chi connectivity index (χ1n) is 11.7. The Hall–Kier alpha value is -2.78. The fourth-order valence-corrected chi connectivity index (χ4v) is 5.04. The van der Waals surface area contributed by atoms with E-state index in [9.17, 15) is 13.2 Å². The van der Waals surface area contributed by atoms with Crippen LogP contribution in [-0.4, -0.2) is 52.4 Å². The molecule has 1 aliphatic heterocycles. The molecule has 3 rings (SSSR count). The van der Waals surface area contributed by atoms with E-state index in [0.717, 1.165) is 16.7 Å². The van der Waals surface area contributed by atoms with Crippen LogP contribution in [0.25, 0.3) is 0 Å². The van der Waals surface area contributed by atoms with Crippen LogP contribution in [0, 0.1) is 6.92 Å². The Morgan fingerprint density at radius 1 is 1.06 bits per heavy atom. The van der Waals surface area contributed by atoms with Crippen molar-refractivity contribution in [1.29, 1.82) is 0 Å². The van der Waals surface area contributed by atoms with Gasteiger partial charge in [0, 0.05) is 6.54 Å². The second kappa shape index (κ2) is 10.9. The minimum Gasteiger partial charge on any atom is -0.493 e. The molecular formula is C26H35NO7S. The van der Waals surface area contributed by atoms with Crippen molar-refractivity contribution in [3.8, 4) is 11.5 Å². The molecule has 8 nitrogen and oxygen atoms in total. The van der Waals surface area contributed by atoms with E-state index in [4.69, 9.17) is 18.4 Å². The highest BCUT2D eigenvalue weighted by molar-refractivity contribution is 7.86. The number of aryl methyl sites for hydroxylation is 1. The van der Waals surface area contributed by atoms with Gasteiger partial charge in [0.25, 0.3) is 10.1 Å². The fraction of sp³-hybridized carbons (Fsp3) is 0.500. The zero-order valence-corrected chi connectivity index (χ0v) is 22.1. The summed E-state index contributed by atoms with van der Waals surface area (Å²) >= 11 is 0. The van der Waals surface area contributed by atoms with Gasteiger partial charge in [0.05, 0.1) is 31.8 Å². The Morgan fingerprint density at radius 3 is 2.29 bits per heavy atom. The topological polar surface area (TPSA) is 91.4 Å². The maximum absolute atomic E-state index is 13.0. The van der Waals surface area contributed by atoms with Gasteiger partial charge in [-0.05, 0) is 82.3 Å². The third-order valence-electron chi connectivity index (χ3n) is 5.80. The number of amides is 1. The van der Waals surface area contributed by atoms with Gasteiger partial charge in [0.1, 0.15) is 5.60 Å². The number of ether oxygens (including phenoxy) is 3. The van der Waals surface area contributed by atoms with Crippen LogP contribution in [0.3, 0.4) is 0 Å². The number of benzene rings is 2. The molecule has 0 bridgehead atoms. The van der Waals surface area contributed by atoms with Crippen molar-refractivity contribution in [2.75, 3.05) is 27.4 Å². The van der Waals surface area contributed by atoms with Crippen LogP contribution in [0.5, 0.6) is 11.5 Å². The Balaban J connectivity index is 1.79. The van der Waals surface area contributed by atoms with E-state index >= 15 is 0 Å². The lowest BCUT2D eigenvalue weighted by molar-refractivity contribution is 0.0126. The van der Waals surface area contributed by atoms with E-state index in [-0.39, 0.29) is 17.5 Å². The Morgan fingerprint density at radius 2 is 1.69 bits per heavy atom. The first kappa shape index (κ1) is 26.8. The molecular weight excluding hydrogens is 470 g/mol. The highest BCUT2D eigenvalue weighted by Gasteiger charge is 2.34. The summed E-state index contributed by atoms with van der Waals surface area (Å²) in [7, 11) is -0.702. The molecule has 0 radical (unpaired) electrons. The average Bonchev–Trinajstić information content (AvgIpc) is 2.79. The van der Waals surface area contributed by atoms with Crippen molar-refractivity contribution in [2.45, 2.75) is 63.5 Å². The number of carbonyl (C=O) groups excluding carboxylic acids is 1. The third-order valence-corrected chi connectivity index (χ3v) is 7.13. The number of fused-ring (bicyclic) bond motifs is 1. The summed E-state index contributed by atoms with van der Waals surface area (Å²) in [5.41, 5.74) is 2.32. The minimum absolute atomic E-state index is 0.00249. The number of rotatable bonds is 8. The summed E-state index contributed by atoms with van der Waals surface area (Å²) in [5, 5.41) is 0. The summed E-state index contributed by atoms with van der Waals surface area (Å²) in [4.78, 5) is 14.9. The predicted molar refractivity (Wildman–Crippen MR) is 132 cm³/mol. The van der Waals surface area contributed by atoms with Crippen molar-refractivity contribution in [3.05, 3.63) is 53.1 Å². The Bertz CT molecular complexity index is 1140. The number of carbonyl (C=O) groups is 1. The second-order valence-corrected chi connectivity index (χ2v) is 11.2. The lowest BCUT2D eigenvalue weighted by atomic mass is 9.89. The van der Waals surface area contributed by atoms with Crippen LogP contribution in [0.4, 0.5) is 4.79 Å². The molecule has 192 valence electrons. The van der Waals surface area contributed by atoms with Gasteiger partial charge >= 0.3 is 6.09 Å². The summed E-state index contributed by atoms with van der Waals surface area (Å²) in [6, 6.07) is 10.0. The normalized spacial score (nSPS) is 15.9. The van der Waals surface area contributed by atoms with E-state index < -0.39 is 21.8 Å². The Kier molecular flexibility index (Phi) is 8.33. The van der Waals surface area contributed by atoms with Crippen molar-refractivity contribution < 1.29 is 31.6 Å². The summed E-state index contributed by atoms with van der Waals surface area (Å²) in [6.45, 7) is 7.85. The molecule has 2 aromatic rings. The number of hydrogen-bond donors (Lipinski definition) is 0. The van der Waals surface area contributed by atoms with Gasteiger partial charge in [0.2, 0.25) is 0 Å². The largest absolute Gasteiger partial charge is 0.493 e. The first-order chi connectivity index (χ1) is 16.4. The lowest BCUT2D eigenvalue weighted by Crippen LogP contribution is -2.43. The van der Waals surface area contributed by atoms with E-state index in [0.29, 0.717) is 37.3 Å². The van der Waals surface area contributed by atoms with Crippen molar-refractivity contribution >= 4 is 16.2 Å². The molecule has 1 heterocycles. The smallest absolute Gasteiger partial charge is 0.410 e. The zero-order valence-electron chi connectivity index (χ0n) is 21.3. The molecule has 0 spiro atoms. The van der Waals surface area contributed by atoms with E-state index in [1.165, 1.54) is 12.1 Å². The summed E-state index contributed by atoms with van der Waals surface area (Å²) in [6.07, 6.45) is 1.15. The standard InChI is InChI=1S/C26H35NO7S/c1-18-9-11-20(12-10-18)35(29,30)33-15-7-8-22-21-17-24(32-6)23(31-5)16-19(21)13-14-27(22)25(28)34-26(2,3)4/h9-12,16-17,22H,7-8,13-15H2,1-6H3/t22-/m1/s1. The fourth-order valence-electron chi connectivity index (χ4n) is 4.10. The van der Waals surface area contributed by atoms with Gasteiger partial charge in [-0.15, -0.1) is 0 Å². The lowest BCUT2D eigenvalue weighted by Gasteiger charge is -2.38. The maximum atomic E-state index is 13.0. The van der Waals surface area contributed by atoms with Crippen LogP contribution in [0.15, 0.2) is 41.3 Å². The van der Waals surface area contributed by atoms with E-state index in [2.05, 4.69) is 0 Å². The van der Waals surface area contributed by atoms with Crippen LogP contribution in [0.1, 0.15) is 56.3 Å². The molecule has 0 fully saturated rings. The quantitative estimate of drug-likeness (QED) is 0.367. The summed E-state index contributed by atoms with van der Waals surface area (Å²) in [5.74, 6) is 1.20. The molecule has 0 aliphatic carbocycles. The van der Waals surface area contributed by atoms with Gasteiger partial charge in [-0.25, -0.2) is 4.79 Å². The van der Waals surface area contributed by atoms with Gasteiger partial charge in [-0.3, -0.25) is 4.18 Å². The number of hydrogen-bond acceptors (Lipinski definition) is 7. The minimum atomic E-state index is -3.86.